The van der Waals surface area contributed by atoms with Crippen LogP contribution in [0.4, 0.5) is 0 Å². The molecule has 1 aromatic rings. The average molecular weight is 278 g/mol. The van der Waals surface area contributed by atoms with Crippen LogP contribution in [0.3, 0.4) is 0 Å². The molecule has 1 aliphatic rings. The molecule has 1 fully saturated rings. The molecular weight excluding hydrogens is 260 g/mol. The van der Waals surface area contributed by atoms with Gasteiger partial charge in [0.1, 0.15) is 12.6 Å². The molecule has 2 rings (SSSR count). The third kappa shape index (κ3) is 3.07. The number of amides is 1. The maximum absolute atomic E-state index is 12.2. The Labute approximate surface area is 116 Å². The van der Waals surface area contributed by atoms with Gasteiger partial charge in [0.05, 0.1) is 0 Å². The third-order valence-electron chi connectivity index (χ3n) is 3.57. The largest absolute Gasteiger partial charge is 0.480 e. The summed E-state index contributed by atoms with van der Waals surface area (Å²) in [6.07, 6.45) is 3.66. The molecule has 1 unspecified atom stereocenters. The number of piperidine rings is 1. The van der Waals surface area contributed by atoms with Gasteiger partial charge in [-0.25, -0.2) is 4.79 Å². The van der Waals surface area contributed by atoms with Crippen molar-refractivity contribution in [3.63, 3.8) is 0 Å². The Bertz CT molecular complexity index is 579. The van der Waals surface area contributed by atoms with Crippen molar-refractivity contribution in [3.8, 4) is 0 Å². The fourth-order valence-electron chi connectivity index (χ4n) is 2.46. The Hall–Kier alpha value is -2.11. The Morgan fingerprint density at radius 3 is 2.80 bits per heavy atom. The smallest absolute Gasteiger partial charge is 0.326 e. The van der Waals surface area contributed by atoms with Crippen molar-refractivity contribution in [3.05, 3.63) is 34.2 Å². The number of rotatable bonds is 3. The van der Waals surface area contributed by atoms with E-state index in [0.29, 0.717) is 13.0 Å². The van der Waals surface area contributed by atoms with E-state index in [4.69, 9.17) is 5.11 Å². The molecule has 0 spiro atoms. The first kappa shape index (κ1) is 14.3. The van der Waals surface area contributed by atoms with E-state index in [2.05, 4.69) is 0 Å². The summed E-state index contributed by atoms with van der Waals surface area (Å²) in [6.45, 7) is 2.14. The number of aryl methyl sites for hydroxylation is 1. The molecule has 1 N–H and O–H groups in total. The van der Waals surface area contributed by atoms with Crippen LogP contribution in [-0.2, 0) is 16.1 Å². The van der Waals surface area contributed by atoms with Crippen LogP contribution in [0.1, 0.15) is 24.8 Å². The summed E-state index contributed by atoms with van der Waals surface area (Å²) in [6, 6.07) is 2.44. The van der Waals surface area contributed by atoms with Gasteiger partial charge in [0.2, 0.25) is 5.91 Å². The molecule has 6 nitrogen and oxygen atoms in total. The number of hydrogen-bond acceptors (Lipinski definition) is 3. The second kappa shape index (κ2) is 5.90. The molecule has 2 heterocycles. The summed E-state index contributed by atoms with van der Waals surface area (Å²) in [5.74, 6) is -1.29. The van der Waals surface area contributed by atoms with Crippen molar-refractivity contribution in [2.75, 3.05) is 6.54 Å². The van der Waals surface area contributed by atoms with Gasteiger partial charge >= 0.3 is 5.97 Å². The number of nitrogens with zero attached hydrogens (tertiary/aromatic N) is 2. The fraction of sp³-hybridized carbons (Fsp3) is 0.500. The SMILES string of the molecule is Cc1ccn(CC(=O)N2CCCCC2C(=O)O)c(=O)c1. The second-order valence-electron chi connectivity index (χ2n) is 5.11. The summed E-state index contributed by atoms with van der Waals surface area (Å²) in [5, 5.41) is 9.15. The number of aliphatic carboxylic acids is 1. The van der Waals surface area contributed by atoms with E-state index in [9.17, 15) is 14.4 Å². The molecule has 1 amide bonds. The van der Waals surface area contributed by atoms with Gasteiger partial charge in [0.15, 0.2) is 0 Å². The minimum absolute atomic E-state index is 0.108. The van der Waals surface area contributed by atoms with Crippen molar-refractivity contribution in [2.45, 2.75) is 38.8 Å². The third-order valence-corrected chi connectivity index (χ3v) is 3.57. The molecule has 6 heteroatoms. The zero-order valence-electron chi connectivity index (χ0n) is 11.4. The van der Waals surface area contributed by atoms with Gasteiger partial charge < -0.3 is 14.6 Å². The van der Waals surface area contributed by atoms with Crippen LogP contribution in [0.25, 0.3) is 0 Å². The quantitative estimate of drug-likeness (QED) is 0.879. The first-order chi connectivity index (χ1) is 9.49. The van der Waals surface area contributed by atoms with Gasteiger partial charge in [-0.05, 0) is 37.8 Å². The van der Waals surface area contributed by atoms with E-state index in [0.717, 1.165) is 18.4 Å². The normalized spacial score (nSPS) is 18.9. The lowest BCUT2D eigenvalue weighted by molar-refractivity contribution is -0.152. The predicted octanol–water partition coefficient (Wildman–Crippen LogP) is 0.622. The van der Waals surface area contributed by atoms with Crippen molar-refractivity contribution in [1.82, 2.24) is 9.47 Å². The van der Waals surface area contributed by atoms with E-state index in [1.165, 1.54) is 15.5 Å². The molecule has 0 aromatic carbocycles. The highest BCUT2D eigenvalue weighted by molar-refractivity contribution is 5.83. The van der Waals surface area contributed by atoms with Crippen LogP contribution in [0.15, 0.2) is 23.1 Å². The van der Waals surface area contributed by atoms with Crippen molar-refractivity contribution < 1.29 is 14.7 Å². The van der Waals surface area contributed by atoms with Gasteiger partial charge in [-0.2, -0.15) is 0 Å². The van der Waals surface area contributed by atoms with Crippen molar-refractivity contribution >= 4 is 11.9 Å². The zero-order chi connectivity index (χ0) is 14.7. The van der Waals surface area contributed by atoms with E-state index in [-0.39, 0.29) is 18.0 Å². The molecule has 0 bridgehead atoms. The molecule has 0 aliphatic carbocycles. The first-order valence-corrected chi connectivity index (χ1v) is 6.68. The number of carboxylic acid groups (broad SMARTS) is 1. The number of likely N-dealkylation sites (tertiary alicyclic amines) is 1. The van der Waals surface area contributed by atoms with Crippen LogP contribution in [0.5, 0.6) is 0 Å². The lowest BCUT2D eigenvalue weighted by Gasteiger charge is -2.33. The number of aromatic nitrogens is 1. The van der Waals surface area contributed by atoms with E-state index >= 15 is 0 Å². The molecule has 20 heavy (non-hydrogen) atoms. The molecule has 108 valence electrons. The molecule has 0 radical (unpaired) electrons. The highest BCUT2D eigenvalue weighted by atomic mass is 16.4. The van der Waals surface area contributed by atoms with Crippen LogP contribution < -0.4 is 5.56 Å². The lowest BCUT2D eigenvalue weighted by atomic mass is 10.0. The predicted molar refractivity (Wildman–Crippen MR) is 72.4 cm³/mol. The zero-order valence-corrected chi connectivity index (χ0v) is 11.4. The number of carbonyl (C=O) groups is 2. The monoisotopic (exact) mass is 278 g/mol. The summed E-state index contributed by atoms with van der Waals surface area (Å²) < 4.78 is 1.31. The Morgan fingerprint density at radius 2 is 2.15 bits per heavy atom. The van der Waals surface area contributed by atoms with Gasteiger partial charge in [0.25, 0.3) is 5.56 Å². The number of carbonyl (C=O) groups excluding carboxylic acids is 1. The molecule has 1 aromatic heterocycles. The number of pyridine rings is 1. The lowest BCUT2D eigenvalue weighted by Crippen LogP contribution is -2.49. The molecule has 1 atom stereocenters. The number of carboxylic acids is 1. The summed E-state index contributed by atoms with van der Waals surface area (Å²) in [5.41, 5.74) is 0.585. The van der Waals surface area contributed by atoms with Crippen LogP contribution >= 0.6 is 0 Å². The fourth-order valence-corrected chi connectivity index (χ4v) is 2.46. The van der Waals surface area contributed by atoms with Crippen LogP contribution in [0, 0.1) is 6.92 Å². The first-order valence-electron chi connectivity index (χ1n) is 6.68. The summed E-state index contributed by atoms with van der Waals surface area (Å²) in [4.78, 5) is 36.5. The van der Waals surface area contributed by atoms with E-state index in [1.54, 1.807) is 19.2 Å². The Kier molecular flexibility index (Phi) is 4.22. The molecule has 0 saturated carbocycles. The topological polar surface area (TPSA) is 79.6 Å². The second-order valence-corrected chi connectivity index (χ2v) is 5.11. The van der Waals surface area contributed by atoms with E-state index < -0.39 is 12.0 Å². The van der Waals surface area contributed by atoms with Crippen LogP contribution in [-0.4, -0.2) is 39.0 Å². The molecule has 1 aliphatic heterocycles. The standard InChI is InChI=1S/C14H18N2O4/c1-10-5-7-15(12(17)8-10)9-13(18)16-6-3-2-4-11(16)14(19)20/h5,7-8,11H,2-4,6,9H2,1H3,(H,19,20). The van der Waals surface area contributed by atoms with Crippen molar-refractivity contribution in [1.29, 1.82) is 0 Å². The maximum Gasteiger partial charge on any atom is 0.326 e. The summed E-state index contributed by atoms with van der Waals surface area (Å²) >= 11 is 0. The average Bonchev–Trinajstić information content (AvgIpc) is 2.41. The summed E-state index contributed by atoms with van der Waals surface area (Å²) in [7, 11) is 0. The molecule has 1 saturated heterocycles. The molecular formula is C14H18N2O4. The van der Waals surface area contributed by atoms with Crippen LogP contribution in [0.2, 0.25) is 0 Å². The van der Waals surface area contributed by atoms with Gasteiger partial charge in [0, 0.05) is 18.8 Å². The van der Waals surface area contributed by atoms with Gasteiger partial charge in [-0.1, -0.05) is 0 Å². The highest BCUT2D eigenvalue weighted by Gasteiger charge is 2.31. The minimum Gasteiger partial charge on any atom is -0.480 e. The highest BCUT2D eigenvalue weighted by Crippen LogP contribution is 2.17. The Balaban J connectivity index is 2.14. The Morgan fingerprint density at radius 1 is 1.40 bits per heavy atom. The van der Waals surface area contributed by atoms with Crippen molar-refractivity contribution in [2.24, 2.45) is 0 Å². The van der Waals surface area contributed by atoms with E-state index in [1.807, 2.05) is 0 Å². The van der Waals surface area contributed by atoms with Gasteiger partial charge in [-0.15, -0.1) is 0 Å². The maximum atomic E-state index is 12.2. The number of hydrogen-bond donors (Lipinski definition) is 1. The minimum atomic E-state index is -0.977. The van der Waals surface area contributed by atoms with Gasteiger partial charge in [-0.3, -0.25) is 9.59 Å².